The third-order valence-corrected chi connectivity index (χ3v) is 3.81. The number of benzene rings is 1. The lowest BCUT2D eigenvalue weighted by Crippen LogP contribution is -2.00. The molecule has 0 aliphatic carbocycles. The minimum absolute atomic E-state index is 0.106. The molecule has 0 aliphatic rings. The van der Waals surface area contributed by atoms with Crippen LogP contribution < -0.4 is 4.74 Å². The molecule has 0 saturated carbocycles. The molecular formula is C12H8Cl2O3S. The van der Waals surface area contributed by atoms with Gasteiger partial charge in [-0.25, -0.2) is 4.79 Å². The molecule has 1 N–H and O–H groups in total. The minimum Gasteiger partial charge on any atom is -0.486 e. The molecule has 2 rings (SSSR count). The van der Waals surface area contributed by atoms with Gasteiger partial charge in [0.2, 0.25) is 0 Å². The van der Waals surface area contributed by atoms with Crippen LogP contribution in [0.4, 0.5) is 0 Å². The van der Waals surface area contributed by atoms with Crippen molar-refractivity contribution >= 4 is 40.5 Å². The van der Waals surface area contributed by atoms with Gasteiger partial charge in [0.1, 0.15) is 6.61 Å². The number of hydrogen-bond donors (Lipinski definition) is 1. The minimum atomic E-state index is -1.04. The molecule has 1 heterocycles. The van der Waals surface area contributed by atoms with Crippen molar-refractivity contribution in [3.8, 4) is 5.75 Å². The number of halogens is 2. The Morgan fingerprint density at radius 2 is 1.94 bits per heavy atom. The molecule has 0 spiro atoms. The van der Waals surface area contributed by atoms with Gasteiger partial charge in [0.25, 0.3) is 0 Å². The molecule has 0 fully saturated rings. The smallest absolute Gasteiger partial charge is 0.349 e. The average molecular weight is 303 g/mol. The highest BCUT2D eigenvalue weighted by Gasteiger charge is 2.17. The highest BCUT2D eigenvalue weighted by molar-refractivity contribution is 7.13. The SMILES string of the molecule is O=C(O)c1scc(Cl)c1OCc1ccc(Cl)cc1. The zero-order valence-corrected chi connectivity index (χ0v) is 11.4. The molecule has 1 aromatic carbocycles. The molecule has 0 atom stereocenters. The molecule has 0 radical (unpaired) electrons. The lowest BCUT2D eigenvalue weighted by molar-refractivity contribution is 0.0697. The van der Waals surface area contributed by atoms with Crippen LogP contribution in [0.15, 0.2) is 29.6 Å². The van der Waals surface area contributed by atoms with Gasteiger partial charge < -0.3 is 9.84 Å². The standard InChI is InChI=1S/C12H8Cl2O3S/c13-8-3-1-7(2-4-8)5-17-10-9(14)6-18-11(10)12(15)16/h1-4,6H,5H2,(H,15,16). The van der Waals surface area contributed by atoms with Gasteiger partial charge in [-0.1, -0.05) is 35.3 Å². The molecule has 6 heteroatoms. The second kappa shape index (κ2) is 5.61. The summed E-state index contributed by atoms with van der Waals surface area (Å²) in [6.45, 7) is 0.244. The normalized spacial score (nSPS) is 10.3. The quantitative estimate of drug-likeness (QED) is 0.914. The topological polar surface area (TPSA) is 46.5 Å². The molecular weight excluding hydrogens is 295 g/mol. The second-order valence-corrected chi connectivity index (χ2v) is 5.19. The van der Waals surface area contributed by atoms with Crippen molar-refractivity contribution in [2.24, 2.45) is 0 Å². The summed E-state index contributed by atoms with van der Waals surface area (Å²) in [5, 5.41) is 11.5. The van der Waals surface area contributed by atoms with Crippen molar-refractivity contribution in [2.75, 3.05) is 0 Å². The lowest BCUT2D eigenvalue weighted by atomic mass is 10.2. The van der Waals surface area contributed by atoms with Gasteiger partial charge in [0.05, 0.1) is 5.02 Å². The highest BCUT2D eigenvalue weighted by Crippen LogP contribution is 2.35. The van der Waals surface area contributed by atoms with Gasteiger partial charge in [-0.3, -0.25) is 0 Å². The maximum absolute atomic E-state index is 10.9. The zero-order chi connectivity index (χ0) is 13.1. The van der Waals surface area contributed by atoms with E-state index < -0.39 is 5.97 Å². The first-order valence-electron chi connectivity index (χ1n) is 4.95. The largest absolute Gasteiger partial charge is 0.486 e. The van der Waals surface area contributed by atoms with Crippen molar-refractivity contribution in [3.63, 3.8) is 0 Å². The Morgan fingerprint density at radius 3 is 2.56 bits per heavy atom. The molecule has 1 aromatic heterocycles. The summed E-state index contributed by atoms with van der Waals surface area (Å²) in [5.41, 5.74) is 0.887. The summed E-state index contributed by atoms with van der Waals surface area (Å²) in [6.07, 6.45) is 0. The van der Waals surface area contributed by atoms with Gasteiger partial charge in [0.15, 0.2) is 10.6 Å². The number of thiophene rings is 1. The van der Waals surface area contributed by atoms with E-state index in [1.54, 1.807) is 17.5 Å². The van der Waals surface area contributed by atoms with E-state index in [4.69, 9.17) is 33.0 Å². The summed E-state index contributed by atoms with van der Waals surface area (Å²) in [5.74, 6) is -0.831. The van der Waals surface area contributed by atoms with Crippen LogP contribution in [-0.2, 0) is 6.61 Å². The summed E-state index contributed by atoms with van der Waals surface area (Å²) in [6, 6.07) is 7.10. The second-order valence-electron chi connectivity index (χ2n) is 3.46. The van der Waals surface area contributed by atoms with Gasteiger partial charge in [-0.2, -0.15) is 0 Å². The molecule has 0 aliphatic heterocycles. The predicted octanol–water partition coefficient (Wildman–Crippen LogP) is 4.33. The van der Waals surface area contributed by atoms with Crippen LogP contribution in [0.25, 0.3) is 0 Å². The van der Waals surface area contributed by atoms with Crippen molar-refractivity contribution in [3.05, 3.63) is 50.1 Å². The van der Waals surface area contributed by atoms with Gasteiger partial charge >= 0.3 is 5.97 Å². The number of ether oxygens (including phenoxy) is 1. The Labute approximate surface area is 118 Å². The van der Waals surface area contributed by atoms with E-state index in [9.17, 15) is 4.79 Å². The van der Waals surface area contributed by atoms with E-state index in [1.807, 2.05) is 12.1 Å². The first-order valence-corrected chi connectivity index (χ1v) is 6.59. The molecule has 0 saturated heterocycles. The molecule has 94 valence electrons. The van der Waals surface area contributed by atoms with Gasteiger partial charge in [-0.15, -0.1) is 11.3 Å². The van der Waals surface area contributed by atoms with E-state index in [0.29, 0.717) is 10.0 Å². The fourth-order valence-corrected chi connectivity index (χ4v) is 2.51. The molecule has 0 amide bonds. The first-order chi connectivity index (χ1) is 8.58. The maximum Gasteiger partial charge on any atom is 0.349 e. The van der Waals surface area contributed by atoms with Crippen LogP contribution in [0.3, 0.4) is 0 Å². The molecule has 18 heavy (non-hydrogen) atoms. The molecule has 0 bridgehead atoms. The van der Waals surface area contributed by atoms with E-state index in [1.165, 1.54) is 0 Å². The summed E-state index contributed by atoms with van der Waals surface area (Å²) in [7, 11) is 0. The van der Waals surface area contributed by atoms with E-state index in [-0.39, 0.29) is 17.2 Å². The Kier molecular flexibility index (Phi) is 4.11. The van der Waals surface area contributed by atoms with Gasteiger partial charge in [-0.05, 0) is 17.7 Å². The Balaban J connectivity index is 2.12. The van der Waals surface area contributed by atoms with Crippen molar-refractivity contribution in [1.82, 2.24) is 0 Å². The fraction of sp³-hybridized carbons (Fsp3) is 0.0833. The number of carboxylic acids is 1. The van der Waals surface area contributed by atoms with Crippen LogP contribution in [0.2, 0.25) is 10.0 Å². The maximum atomic E-state index is 10.9. The predicted molar refractivity (Wildman–Crippen MR) is 72.1 cm³/mol. The van der Waals surface area contributed by atoms with Crippen LogP contribution in [-0.4, -0.2) is 11.1 Å². The van der Waals surface area contributed by atoms with Crippen LogP contribution >= 0.6 is 34.5 Å². The number of carboxylic acid groups (broad SMARTS) is 1. The Morgan fingerprint density at radius 1 is 1.28 bits per heavy atom. The van der Waals surface area contributed by atoms with E-state index in [2.05, 4.69) is 0 Å². The average Bonchev–Trinajstić information content (AvgIpc) is 2.70. The third-order valence-electron chi connectivity index (χ3n) is 2.19. The Bertz CT molecular complexity index is 563. The zero-order valence-electron chi connectivity index (χ0n) is 9.02. The molecule has 2 aromatic rings. The van der Waals surface area contributed by atoms with Crippen molar-refractivity contribution in [1.29, 1.82) is 0 Å². The van der Waals surface area contributed by atoms with E-state index in [0.717, 1.165) is 16.9 Å². The van der Waals surface area contributed by atoms with Crippen LogP contribution in [0, 0.1) is 0 Å². The lowest BCUT2D eigenvalue weighted by Gasteiger charge is -2.06. The number of rotatable bonds is 4. The number of aromatic carboxylic acids is 1. The highest BCUT2D eigenvalue weighted by atomic mass is 35.5. The van der Waals surface area contributed by atoms with Crippen LogP contribution in [0.5, 0.6) is 5.75 Å². The fourth-order valence-electron chi connectivity index (χ4n) is 1.34. The monoisotopic (exact) mass is 302 g/mol. The van der Waals surface area contributed by atoms with Crippen LogP contribution in [0.1, 0.15) is 15.2 Å². The summed E-state index contributed by atoms with van der Waals surface area (Å²) in [4.78, 5) is 11.1. The van der Waals surface area contributed by atoms with Crippen molar-refractivity contribution < 1.29 is 14.6 Å². The number of hydrogen-bond acceptors (Lipinski definition) is 3. The summed E-state index contributed by atoms with van der Waals surface area (Å²) >= 11 is 12.7. The van der Waals surface area contributed by atoms with Crippen molar-refractivity contribution in [2.45, 2.75) is 6.61 Å². The third kappa shape index (κ3) is 2.96. The number of carbonyl (C=O) groups is 1. The first kappa shape index (κ1) is 13.2. The molecule has 0 unspecified atom stereocenters. The Hall–Kier alpha value is -1.23. The van der Waals surface area contributed by atoms with Gasteiger partial charge in [0, 0.05) is 10.4 Å². The summed E-state index contributed by atoms with van der Waals surface area (Å²) < 4.78 is 5.45. The molecule has 3 nitrogen and oxygen atoms in total. The van der Waals surface area contributed by atoms with E-state index >= 15 is 0 Å².